The number of aliphatic hydroxyl groups is 1. The zero-order chi connectivity index (χ0) is 17.6. The highest BCUT2D eigenvalue weighted by atomic mass is 28.3. The second-order valence-corrected chi connectivity index (χ2v) is 12.8. The van der Waals surface area contributed by atoms with Crippen LogP contribution in [0.2, 0.25) is 11.1 Å². The first kappa shape index (κ1) is 18.9. The first-order valence-electron chi connectivity index (χ1n) is 9.21. The molecule has 2 aromatic rings. The lowest BCUT2D eigenvalue weighted by molar-refractivity contribution is 0.179. The molecule has 1 atom stereocenters. The van der Waals surface area contributed by atoms with E-state index in [1.54, 1.807) is 0 Å². The molecular formula is C22H32OSi. The van der Waals surface area contributed by atoms with Crippen LogP contribution in [0.1, 0.15) is 47.0 Å². The van der Waals surface area contributed by atoms with E-state index in [0.29, 0.717) is 0 Å². The molecule has 0 amide bonds. The normalized spacial score (nSPS) is 13.7. The Morgan fingerprint density at radius 3 is 1.71 bits per heavy atom. The van der Waals surface area contributed by atoms with Gasteiger partial charge in [0.25, 0.3) is 0 Å². The van der Waals surface area contributed by atoms with Gasteiger partial charge in [-0.2, -0.15) is 0 Å². The van der Waals surface area contributed by atoms with Gasteiger partial charge in [0.05, 0.1) is 6.10 Å². The number of hydrogen-bond acceptors (Lipinski definition) is 1. The number of aliphatic hydroxyl groups excluding tert-OH is 1. The van der Waals surface area contributed by atoms with Crippen molar-refractivity contribution in [3.63, 3.8) is 0 Å². The standard InChI is InChI=1S/C22H32OSi/c1-5-6-13-19(23)18-24(22(2,3)4,20-14-9-7-10-15-20)21-16-11-8-12-17-21/h7-12,14-17,19,23H,5-6,13,18H2,1-4H3/t19-/m1/s1. The highest BCUT2D eigenvalue weighted by Crippen LogP contribution is 2.39. The molecule has 0 unspecified atom stereocenters. The highest BCUT2D eigenvalue weighted by molar-refractivity contribution is 7.04. The van der Waals surface area contributed by atoms with Crippen LogP contribution in [-0.4, -0.2) is 19.3 Å². The minimum atomic E-state index is -2.11. The maximum atomic E-state index is 10.8. The average Bonchev–Trinajstić information content (AvgIpc) is 2.58. The summed E-state index contributed by atoms with van der Waals surface area (Å²) in [5.41, 5.74) is 0. The molecule has 2 heteroatoms. The third-order valence-electron chi connectivity index (χ3n) is 5.25. The lowest BCUT2D eigenvalue weighted by atomic mass is 10.2. The predicted octanol–water partition coefficient (Wildman–Crippen LogP) is 4.60. The Hall–Kier alpha value is -1.38. The van der Waals surface area contributed by atoms with Crippen LogP contribution in [0.4, 0.5) is 0 Å². The van der Waals surface area contributed by atoms with Gasteiger partial charge in [0.15, 0.2) is 0 Å². The number of rotatable bonds is 7. The van der Waals surface area contributed by atoms with Crippen molar-refractivity contribution in [3.8, 4) is 0 Å². The third-order valence-corrected chi connectivity index (χ3v) is 11.5. The Bertz CT molecular complexity index is 561. The minimum absolute atomic E-state index is 0.128. The Morgan fingerprint density at radius 2 is 1.33 bits per heavy atom. The third kappa shape index (κ3) is 3.99. The molecule has 0 bridgehead atoms. The largest absolute Gasteiger partial charge is 0.393 e. The molecule has 0 radical (unpaired) electrons. The van der Waals surface area contributed by atoms with Crippen LogP contribution in [0.25, 0.3) is 0 Å². The van der Waals surface area contributed by atoms with Crippen molar-refractivity contribution in [2.24, 2.45) is 0 Å². The molecule has 1 N–H and O–H groups in total. The van der Waals surface area contributed by atoms with E-state index < -0.39 is 8.07 Å². The van der Waals surface area contributed by atoms with Gasteiger partial charge in [0.1, 0.15) is 8.07 Å². The second kappa shape index (κ2) is 8.13. The molecule has 24 heavy (non-hydrogen) atoms. The Kier molecular flexibility index (Phi) is 6.42. The summed E-state index contributed by atoms with van der Waals surface area (Å²) in [7, 11) is -2.11. The summed E-state index contributed by atoms with van der Waals surface area (Å²) in [5, 5.41) is 13.8. The summed E-state index contributed by atoms with van der Waals surface area (Å²) in [6.45, 7) is 9.25. The highest BCUT2D eigenvalue weighted by Gasteiger charge is 2.48. The van der Waals surface area contributed by atoms with E-state index in [4.69, 9.17) is 0 Å². The van der Waals surface area contributed by atoms with E-state index in [9.17, 15) is 5.11 Å². The zero-order valence-electron chi connectivity index (χ0n) is 15.6. The quantitative estimate of drug-likeness (QED) is 0.730. The monoisotopic (exact) mass is 340 g/mol. The molecule has 0 aliphatic carbocycles. The maximum absolute atomic E-state index is 10.8. The van der Waals surface area contributed by atoms with Crippen LogP contribution >= 0.6 is 0 Å². The zero-order valence-corrected chi connectivity index (χ0v) is 16.6. The van der Waals surface area contributed by atoms with Gasteiger partial charge in [0, 0.05) is 0 Å². The average molecular weight is 341 g/mol. The second-order valence-electron chi connectivity index (χ2n) is 7.89. The van der Waals surface area contributed by atoms with Crippen LogP contribution in [0.5, 0.6) is 0 Å². The molecular weight excluding hydrogens is 308 g/mol. The molecule has 0 aromatic heterocycles. The molecule has 2 aromatic carbocycles. The molecule has 2 rings (SSSR count). The van der Waals surface area contributed by atoms with Gasteiger partial charge in [-0.3, -0.25) is 0 Å². The van der Waals surface area contributed by atoms with Crippen LogP contribution in [0.15, 0.2) is 60.7 Å². The van der Waals surface area contributed by atoms with Crippen molar-refractivity contribution in [1.29, 1.82) is 0 Å². The number of hydrogen-bond donors (Lipinski definition) is 1. The van der Waals surface area contributed by atoms with Gasteiger partial charge in [-0.25, -0.2) is 0 Å². The van der Waals surface area contributed by atoms with Crippen molar-refractivity contribution in [1.82, 2.24) is 0 Å². The van der Waals surface area contributed by atoms with Crippen LogP contribution < -0.4 is 10.4 Å². The summed E-state index contributed by atoms with van der Waals surface area (Å²) in [6.07, 6.45) is 2.91. The molecule has 0 spiro atoms. The van der Waals surface area contributed by atoms with E-state index in [2.05, 4.69) is 88.4 Å². The lowest BCUT2D eigenvalue weighted by Crippen LogP contribution is -2.65. The summed E-state index contributed by atoms with van der Waals surface area (Å²) < 4.78 is 0. The molecule has 0 aliphatic rings. The van der Waals surface area contributed by atoms with E-state index in [0.717, 1.165) is 25.3 Å². The molecule has 130 valence electrons. The van der Waals surface area contributed by atoms with Crippen LogP contribution in [0.3, 0.4) is 0 Å². The molecule has 1 nitrogen and oxygen atoms in total. The van der Waals surface area contributed by atoms with Crippen LogP contribution in [-0.2, 0) is 0 Å². The first-order chi connectivity index (χ1) is 11.4. The van der Waals surface area contributed by atoms with E-state index in [1.807, 2.05) is 0 Å². The fourth-order valence-corrected chi connectivity index (χ4v) is 9.50. The van der Waals surface area contributed by atoms with Gasteiger partial charge in [-0.05, 0) is 17.5 Å². The first-order valence-corrected chi connectivity index (χ1v) is 11.4. The Morgan fingerprint density at radius 1 is 0.875 bits per heavy atom. The van der Waals surface area contributed by atoms with Crippen molar-refractivity contribution >= 4 is 18.4 Å². The van der Waals surface area contributed by atoms with E-state index in [-0.39, 0.29) is 11.1 Å². The van der Waals surface area contributed by atoms with Gasteiger partial charge in [-0.1, -0.05) is 112 Å². The minimum Gasteiger partial charge on any atom is -0.393 e. The number of unbranched alkanes of at least 4 members (excludes halogenated alkanes) is 1. The topological polar surface area (TPSA) is 20.2 Å². The van der Waals surface area contributed by atoms with Gasteiger partial charge in [-0.15, -0.1) is 0 Å². The fraction of sp³-hybridized carbons (Fsp3) is 0.455. The molecule has 0 heterocycles. The molecule has 0 fully saturated rings. The maximum Gasteiger partial charge on any atom is 0.125 e. The van der Waals surface area contributed by atoms with Gasteiger partial charge >= 0.3 is 0 Å². The van der Waals surface area contributed by atoms with Crippen molar-refractivity contribution < 1.29 is 5.11 Å². The van der Waals surface area contributed by atoms with E-state index >= 15 is 0 Å². The molecule has 0 saturated heterocycles. The van der Waals surface area contributed by atoms with Crippen LogP contribution in [0, 0.1) is 0 Å². The van der Waals surface area contributed by atoms with Gasteiger partial charge < -0.3 is 5.11 Å². The van der Waals surface area contributed by atoms with Crippen molar-refractivity contribution in [2.45, 2.75) is 64.1 Å². The summed E-state index contributed by atoms with van der Waals surface area (Å²) in [4.78, 5) is 0. The predicted molar refractivity (Wildman–Crippen MR) is 108 cm³/mol. The van der Waals surface area contributed by atoms with Crippen molar-refractivity contribution in [3.05, 3.63) is 60.7 Å². The Labute approximate surface area is 148 Å². The molecule has 0 aliphatic heterocycles. The Balaban J connectivity index is 2.57. The summed E-state index contributed by atoms with van der Waals surface area (Å²) in [5.74, 6) is 0. The van der Waals surface area contributed by atoms with Gasteiger partial charge in [0.2, 0.25) is 0 Å². The smallest absolute Gasteiger partial charge is 0.125 e. The molecule has 0 saturated carbocycles. The lowest BCUT2D eigenvalue weighted by Gasteiger charge is -2.45. The number of benzene rings is 2. The van der Waals surface area contributed by atoms with Crippen molar-refractivity contribution in [2.75, 3.05) is 0 Å². The van der Waals surface area contributed by atoms with E-state index in [1.165, 1.54) is 10.4 Å². The SMILES string of the molecule is CCCC[C@@H](O)C[Si](c1ccccc1)(c1ccccc1)C(C)(C)C. The summed E-state index contributed by atoms with van der Waals surface area (Å²) >= 11 is 0. The summed E-state index contributed by atoms with van der Waals surface area (Å²) in [6, 6.07) is 22.7. The fourth-order valence-electron chi connectivity index (χ4n) is 3.92.